The summed E-state index contributed by atoms with van der Waals surface area (Å²) in [7, 11) is 1.42. The van der Waals surface area contributed by atoms with E-state index in [2.05, 4.69) is 17.2 Å². The van der Waals surface area contributed by atoms with Gasteiger partial charge in [0.15, 0.2) is 0 Å². The topological polar surface area (TPSA) is 51.2 Å². The molecule has 1 aromatic heterocycles. The van der Waals surface area contributed by atoms with Crippen LogP contribution in [0.2, 0.25) is 0 Å². The average molecular weight is 236 g/mol. The van der Waals surface area contributed by atoms with E-state index in [0.717, 1.165) is 12.0 Å². The Labute approximate surface area is 102 Å². The molecule has 0 amide bonds. The molecule has 2 atom stereocenters. The first-order valence-corrected chi connectivity index (χ1v) is 5.89. The van der Waals surface area contributed by atoms with Crippen LogP contribution in [0.5, 0.6) is 0 Å². The molecule has 94 valence electrons. The van der Waals surface area contributed by atoms with E-state index in [1.165, 1.54) is 7.11 Å². The number of carbonyl (C=O) groups is 1. The van der Waals surface area contributed by atoms with Gasteiger partial charge in [0.05, 0.1) is 7.11 Å². The molecule has 0 saturated heterocycles. The molecule has 17 heavy (non-hydrogen) atoms. The molecule has 1 N–H and O–H groups in total. The van der Waals surface area contributed by atoms with E-state index in [-0.39, 0.29) is 17.9 Å². The van der Waals surface area contributed by atoms with Crippen molar-refractivity contribution >= 4 is 5.97 Å². The Bertz CT molecular complexity index is 341. The molecule has 0 aliphatic heterocycles. The van der Waals surface area contributed by atoms with Crippen LogP contribution in [-0.2, 0) is 16.1 Å². The minimum Gasteiger partial charge on any atom is -0.468 e. The van der Waals surface area contributed by atoms with E-state index in [1.807, 2.05) is 19.1 Å². The van der Waals surface area contributed by atoms with Gasteiger partial charge < -0.3 is 10.1 Å². The quantitative estimate of drug-likeness (QED) is 0.765. The molecule has 0 fully saturated rings. The maximum atomic E-state index is 11.6. The van der Waals surface area contributed by atoms with E-state index in [4.69, 9.17) is 4.74 Å². The summed E-state index contributed by atoms with van der Waals surface area (Å²) in [5.74, 6) is 0.0534. The third kappa shape index (κ3) is 4.15. The fourth-order valence-electron chi connectivity index (χ4n) is 1.61. The highest BCUT2D eigenvalue weighted by Crippen LogP contribution is 2.10. The van der Waals surface area contributed by atoms with Crippen LogP contribution in [0.3, 0.4) is 0 Å². The number of aromatic nitrogens is 1. The standard InChI is InChI=1S/C13H20N2O2/c1-4-10(2)12(13(16)17-3)15-9-11-5-7-14-8-6-11/h5-8,10,12,15H,4,9H2,1-3H3/t10-,12-/m0/s1. The molecule has 1 rings (SSSR count). The van der Waals surface area contributed by atoms with Crippen molar-refractivity contribution < 1.29 is 9.53 Å². The van der Waals surface area contributed by atoms with E-state index < -0.39 is 0 Å². The first-order chi connectivity index (χ1) is 8.19. The minimum atomic E-state index is -0.252. The summed E-state index contributed by atoms with van der Waals surface area (Å²) in [5.41, 5.74) is 1.11. The van der Waals surface area contributed by atoms with Crippen molar-refractivity contribution in [3.8, 4) is 0 Å². The SMILES string of the molecule is CC[C@H](C)[C@H](NCc1ccncc1)C(=O)OC. The highest BCUT2D eigenvalue weighted by Gasteiger charge is 2.23. The molecule has 0 radical (unpaired) electrons. The summed E-state index contributed by atoms with van der Waals surface area (Å²) >= 11 is 0. The highest BCUT2D eigenvalue weighted by molar-refractivity contribution is 5.75. The van der Waals surface area contributed by atoms with Gasteiger partial charge in [-0.25, -0.2) is 0 Å². The predicted molar refractivity (Wildman–Crippen MR) is 66.3 cm³/mol. The number of rotatable bonds is 6. The zero-order chi connectivity index (χ0) is 12.7. The summed E-state index contributed by atoms with van der Waals surface area (Å²) in [4.78, 5) is 15.6. The van der Waals surface area contributed by atoms with Crippen molar-refractivity contribution in [1.82, 2.24) is 10.3 Å². The molecule has 1 heterocycles. The van der Waals surface area contributed by atoms with Gasteiger partial charge in [0, 0.05) is 18.9 Å². The van der Waals surface area contributed by atoms with E-state index in [1.54, 1.807) is 12.4 Å². The van der Waals surface area contributed by atoms with Crippen LogP contribution < -0.4 is 5.32 Å². The summed E-state index contributed by atoms with van der Waals surface area (Å²) in [6.45, 7) is 4.75. The van der Waals surface area contributed by atoms with Crippen LogP contribution in [0.25, 0.3) is 0 Å². The second-order valence-electron chi connectivity index (χ2n) is 4.12. The van der Waals surface area contributed by atoms with Crippen LogP contribution in [0.4, 0.5) is 0 Å². The van der Waals surface area contributed by atoms with Crippen molar-refractivity contribution in [2.75, 3.05) is 7.11 Å². The molecule has 4 heteroatoms. The second kappa shape index (κ2) is 7.01. The molecular formula is C13H20N2O2. The van der Waals surface area contributed by atoms with E-state index in [9.17, 15) is 4.79 Å². The van der Waals surface area contributed by atoms with Gasteiger partial charge in [0.2, 0.25) is 0 Å². The molecular weight excluding hydrogens is 216 g/mol. The first-order valence-electron chi connectivity index (χ1n) is 5.89. The number of hydrogen-bond acceptors (Lipinski definition) is 4. The molecule has 0 bridgehead atoms. The van der Waals surface area contributed by atoms with Crippen molar-refractivity contribution in [3.63, 3.8) is 0 Å². The van der Waals surface area contributed by atoms with Gasteiger partial charge in [0.25, 0.3) is 0 Å². The highest BCUT2D eigenvalue weighted by atomic mass is 16.5. The Morgan fingerprint density at radius 2 is 2.12 bits per heavy atom. The molecule has 0 aliphatic rings. The number of methoxy groups -OCH3 is 1. The third-order valence-electron chi connectivity index (χ3n) is 2.94. The van der Waals surface area contributed by atoms with E-state index >= 15 is 0 Å². The molecule has 0 saturated carbocycles. The summed E-state index contributed by atoms with van der Waals surface area (Å²) in [5, 5.41) is 3.24. The first kappa shape index (κ1) is 13.6. The summed E-state index contributed by atoms with van der Waals surface area (Å²) in [6.07, 6.45) is 4.42. The van der Waals surface area contributed by atoms with Crippen molar-refractivity contribution in [2.45, 2.75) is 32.9 Å². The number of carbonyl (C=O) groups excluding carboxylic acids is 1. The van der Waals surface area contributed by atoms with Gasteiger partial charge in [-0.1, -0.05) is 20.3 Å². The maximum absolute atomic E-state index is 11.6. The fraction of sp³-hybridized carbons (Fsp3) is 0.538. The number of hydrogen-bond donors (Lipinski definition) is 1. The van der Waals surface area contributed by atoms with Gasteiger partial charge in [-0.3, -0.25) is 9.78 Å². The lowest BCUT2D eigenvalue weighted by Gasteiger charge is -2.21. The normalized spacial score (nSPS) is 14.1. The van der Waals surface area contributed by atoms with Crippen molar-refractivity contribution in [3.05, 3.63) is 30.1 Å². The Morgan fingerprint density at radius 3 is 2.65 bits per heavy atom. The second-order valence-corrected chi connectivity index (χ2v) is 4.12. The maximum Gasteiger partial charge on any atom is 0.323 e. The van der Waals surface area contributed by atoms with Crippen LogP contribution in [0.15, 0.2) is 24.5 Å². The van der Waals surface area contributed by atoms with Gasteiger partial charge in [-0.2, -0.15) is 0 Å². The van der Waals surface area contributed by atoms with Gasteiger partial charge >= 0.3 is 5.97 Å². The molecule has 1 aromatic rings. The summed E-state index contributed by atoms with van der Waals surface area (Å²) < 4.78 is 4.81. The van der Waals surface area contributed by atoms with Crippen molar-refractivity contribution in [2.24, 2.45) is 5.92 Å². The van der Waals surface area contributed by atoms with Gasteiger partial charge in [0.1, 0.15) is 6.04 Å². The Morgan fingerprint density at radius 1 is 1.47 bits per heavy atom. The van der Waals surface area contributed by atoms with E-state index in [0.29, 0.717) is 6.54 Å². The number of esters is 1. The zero-order valence-electron chi connectivity index (χ0n) is 10.6. The third-order valence-corrected chi connectivity index (χ3v) is 2.94. The van der Waals surface area contributed by atoms with Crippen LogP contribution in [0, 0.1) is 5.92 Å². The predicted octanol–water partition coefficient (Wildman–Crippen LogP) is 1.76. The van der Waals surface area contributed by atoms with Crippen LogP contribution in [0.1, 0.15) is 25.8 Å². The van der Waals surface area contributed by atoms with Gasteiger partial charge in [-0.15, -0.1) is 0 Å². The van der Waals surface area contributed by atoms with Gasteiger partial charge in [-0.05, 0) is 23.6 Å². The average Bonchev–Trinajstić information content (AvgIpc) is 2.39. The lowest BCUT2D eigenvalue weighted by molar-refractivity contribution is -0.144. The lowest BCUT2D eigenvalue weighted by Crippen LogP contribution is -2.42. The molecule has 0 unspecified atom stereocenters. The van der Waals surface area contributed by atoms with Crippen LogP contribution in [-0.4, -0.2) is 24.1 Å². The minimum absolute atomic E-state index is 0.201. The number of pyridine rings is 1. The molecule has 0 spiro atoms. The smallest absolute Gasteiger partial charge is 0.323 e. The molecule has 0 aromatic carbocycles. The number of ether oxygens (including phenoxy) is 1. The monoisotopic (exact) mass is 236 g/mol. The molecule has 4 nitrogen and oxygen atoms in total. The Kier molecular flexibility index (Phi) is 5.63. The summed E-state index contributed by atoms with van der Waals surface area (Å²) in [6, 6.07) is 3.61. The Hall–Kier alpha value is -1.42. The van der Waals surface area contributed by atoms with Crippen LogP contribution >= 0.6 is 0 Å². The largest absolute Gasteiger partial charge is 0.468 e. The Balaban J connectivity index is 2.58. The molecule has 0 aliphatic carbocycles. The number of nitrogens with zero attached hydrogens (tertiary/aromatic N) is 1. The lowest BCUT2D eigenvalue weighted by atomic mass is 9.99. The van der Waals surface area contributed by atoms with Crippen molar-refractivity contribution in [1.29, 1.82) is 0 Å². The zero-order valence-corrected chi connectivity index (χ0v) is 10.6. The fourth-order valence-corrected chi connectivity index (χ4v) is 1.61. The number of nitrogens with one attached hydrogen (secondary N) is 1.